The molecule has 0 aliphatic rings. The Morgan fingerprint density at radius 2 is 2.00 bits per heavy atom. The molecule has 100 valence electrons. The number of carbonyl (C=O) groups is 1. The van der Waals surface area contributed by atoms with E-state index in [2.05, 4.69) is 0 Å². The zero-order valence-electron chi connectivity index (χ0n) is 10.7. The summed E-state index contributed by atoms with van der Waals surface area (Å²) in [6, 6.07) is 13.6. The lowest BCUT2D eigenvalue weighted by Crippen LogP contribution is -1.98. The van der Waals surface area contributed by atoms with Crippen molar-refractivity contribution in [3.05, 3.63) is 53.6 Å². The average Bonchev–Trinajstić information content (AvgIpc) is 2.48. The second kappa shape index (κ2) is 6.13. The molecule has 1 N–H and O–H groups in total. The molecule has 20 heavy (non-hydrogen) atoms. The zero-order chi connectivity index (χ0) is 14.5. The fraction of sp³-hybridized carbons (Fsp3) is 0.0667. The van der Waals surface area contributed by atoms with E-state index in [1.807, 2.05) is 30.5 Å². The van der Waals surface area contributed by atoms with E-state index in [9.17, 15) is 4.79 Å². The van der Waals surface area contributed by atoms with Gasteiger partial charge in [-0.1, -0.05) is 12.1 Å². The van der Waals surface area contributed by atoms with Gasteiger partial charge in [0.25, 0.3) is 0 Å². The Hall–Kier alpha value is -2.45. The van der Waals surface area contributed by atoms with Crippen LogP contribution in [0.5, 0.6) is 11.5 Å². The molecule has 5 heteroatoms. The van der Waals surface area contributed by atoms with Crippen molar-refractivity contribution in [1.29, 1.82) is 5.26 Å². The van der Waals surface area contributed by atoms with Gasteiger partial charge in [0.2, 0.25) is 0 Å². The lowest BCUT2D eigenvalue weighted by molar-refractivity contribution is 0.0697. The molecule has 0 saturated carbocycles. The number of benzene rings is 2. The number of carboxylic acid groups (broad SMARTS) is 1. The Labute approximate surface area is 120 Å². The van der Waals surface area contributed by atoms with Gasteiger partial charge < -0.3 is 9.84 Å². The molecule has 0 spiro atoms. The van der Waals surface area contributed by atoms with Crippen LogP contribution < -0.4 is 4.74 Å². The molecule has 4 nitrogen and oxygen atoms in total. The van der Waals surface area contributed by atoms with Crippen molar-refractivity contribution in [2.75, 3.05) is 6.26 Å². The van der Waals surface area contributed by atoms with Crippen LogP contribution in [0.15, 0.2) is 47.4 Å². The molecule has 0 heterocycles. The summed E-state index contributed by atoms with van der Waals surface area (Å²) in [6.45, 7) is 0. The number of rotatable bonds is 4. The van der Waals surface area contributed by atoms with Gasteiger partial charge in [0.1, 0.15) is 17.6 Å². The molecule has 0 unspecified atom stereocenters. The molecule has 0 bridgehead atoms. The van der Waals surface area contributed by atoms with E-state index < -0.39 is 5.97 Å². The molecule has 0 atom stereocenters. The molecule has 0 amide bonds. The van der Waals surface area contributed by atoms with E-state index in [-0.39, 0.29) is 11.1 Å². The van der Waals surface area contributed by atoms with Gasteiger partial charge in [0.05, 0.1) is 11.1 Å². The van der Waals surface area contributed by atoms with E-state index in [0.717, 1.165) is 4.90 Å². The lowest BCUT2D eigenvalue weighted by Gasteiger charge is -2.10. The molecular weight excluding hydrogens is 274 g/mol. The molecule has 2 aromatic carbocycles. The third kappa shape index (κ3) is 2.92. The Kier molecular flexibility index (Phi) is 4.28. The summed E-state index contributed by atoms with van der Waals surface area (Å²) in [5, 5.41) is 18.0. The third-order valence-corrected chi connectivity index (χ3v) is 3.41. The lowest BCUT2D eigenvalue weighted by atomic mass is 10.1. The van der Waals surface area contributed by atoms with E-state index in [1.165, 1.54) is 30.0 Å². The number of para-hydroxylation sites is 1. The summed E-state index contributed by atoms with van der Waals surface area (Å²) in [5.41, 5.74) is 0.257. The number of thioether (sulfide) groups is 1. The van der Waals surface area contributed by atoms with Crippen LogP contribution in [0, 0.1) is 11.3 Å². The summed E-state index contributed by atoms with van der Waals surface area (Å²) in [6.07, 6.45) is 1.93. The number of carboxylic acids is 1. The predicted octanol–water partition coefficient (Wildman–Crippen LogP) is 3.77. The van der Waals surface area contributed by atoms with Crippen molar-refractivity contribution in [3.63, 3.8) is 0 Å². The first-order chi connectivity index (χ1) is 9.65. The highest BCUT2D eigenvalue weighted by molar-refractivity contribution is 7.98. The Bertz CT molecular complexity index is 692. The van der Waals surface area contributed by atoms with Crippen molar-refractivity contribution in [2.24, 2.45) is 0 Å². The first-order valence-electron chi connectivity index (χ1n) is 5.74. The van der Waals surface area contributed by atoms with E-state index in [1.54, 1.807) is 6.07 Å². The summed E-state index contributed by atoms with van der Waals surface area (Å²) in [4.78, 5) is 11.8. The smallest absolute Gasteiger partial charge is 0.335 e. The van der Waals surface area contributed by atoms with E-state index in [4.69, 9.17) is 15.1 Å². The molecule has 0 aromatic heterocycles. The zero-order valence-corrected chi connectivity index (χ0v) is 11.5. The first-order valence-corrected chi connectivity index (χ1v) is 6.96. The van der Waals surface area contributed by atoms with Gasteiger partial charge in [-0.05, 0) is 36.6 Å². The minimum absolute atomic E-state index is 0.0621. The maximum Gasteiger partial charge on any atom is 0.335 e. The van der Waals surface area contributed by atoms with Gasteiger partial charge in [0, 0.05) is 4.90 Å². The number of nitriles is 1. The minimum Gasteiger partial charge on any atom is -0.478 e. The number of hydrogen-bond donors (Lipinski definition) is 1. The van der Waals surface area contributed by atoms with Crippen LogP contribution in [-0.2, 0) is 0 Å². The van der Waals surface area contributed by atoms with Crippen molar-refractivity contribution in [1.82, 2.24) is 0 Å². The molecule has 0 aliphatic heterocycles. The van der Waals surface area contributed by atoms with Crippen molar-refractivity contribution in [3.8, 4) is 17.6 Å². The Balaban J connectivity index is 2.39. The normalized spacial score (nSPS) is 9.80. The van der Waals surface area contributed by atoms with Crippen LogP contribution in [0.3, 0.4) is 0 Å². The molecule has 0 fully saturated rings. The molecular formula is C15H11NO3S. The van der Waals surface area contributed by atoms with Gasteiger partial charge in [-0.3, -0.25) is 0 Å². The highest BCUT2D eigenvalue weighted by Crippen LogP contribution is 2.32. The van der Waals surface area contributed by atoms with Crippen molar-refractivity contribution >= 4 is 17.7 Å². The molecule has 0 saturated heterocycles. The molecule has 0 aliphatic carbocycles. The largest absolute Gasteiger partial charge is 0.478 e. The third-order valence-electron chi connectivity index (χ3n) is 2.64. The Morgan fingerprint density at radius 3 is 2.65 bits per heavy atom. The summed E-state index contributed by atoms with van der Waals surface area (Å²) < 4.78 is 5.72. The Morgan fingerprint density at radius 1 is 1.25 bits per heavy atom. The second-order valence-electron chi connectivity index (χ2n) is 3.88. The van der Waals surface area contributed by atoms with Crippen molar-refractivity contribution < 1.29 is 14.6 Å². The molecule has 2 aromatic rings. The number of nitrogens with zero attached hydrogens (tertiary/aromatic N) is 1. The monoisotopic (exact) mass is 285 g/mol. The van der Waals surface area contributed by atoms with Gasteiger partial charge in [-0.15, -0.1) is 11.8 Å². The fourth-order valence-corrected chi connectivity index (χ4v) is 2.19. The summed E-state index contributed by atoms with van der Waals surface area (Å²) in [7, 11) is 0. The van der Waals surface area contributed by atoms with Gasteiger partial charge in [-0.2, -0.15) is 5.26 Å². The van der Waals surface area contributed by atoms with E-state index >= 15 is 0 Å². The number of aromatic carboxylic acids is 1. The van der Waals surface area contributed by atoms with Gasteiger partial charge >= 0.3 is 5.97 Å². The maximum atomic E-state index is 10.9. The standard InChI is InChI=1S/C15H11NO3S/c1-20-14-5-3-2-4-13(14)19-12-7-6-10(15(17)18)8-11(12)9-16/h2-8H,1H3,(H,17,18). The van der Waals surface area contributed by atoms with Crippen LogP contribution in [0.1, 0.15) is 15.9 Å². The topological polar surface area (TPSA) is 70.3 Å². The highest BCUT2D eigenvalue weighted by Gasteiger charge is 2.11. The maximum absolute atomic E-state index is 10.9. The van der Waals surface area contributed by atoms with Gasteiger partial charge in [-0.25, -0.2) is 4.79 Å². The number of hydrogen-bond acceptors (Lipinski definition) is 4. The summed E-state index contributed by atoms with van der Waals surface area (Å²) in [5.74, 6) is -0.0869. The molecule has 0 radical (unpaired) electrons. The van der Waals surface area contributed by atoms with E-state index in [0.29, 0.717) is 11.5 Å². The predicted molar refractivity (Wildman–Crippen MR) is 76.4 cm³/mol. The second-order valence-corrected chi connectivity index (χ2v) is 4.73. The number of ether oxygens (including phenoxy) is 1. The van der Waals surface area contributed by atoms with Crippen LogP contribution in [0.25, 0.3) is 0 Å². The van der Waals surface area contributed by atoms with Crippen LogP contribution in [0.4, 0.5) is 0 Å². The average molecular weight is 285 g/mol. The van der Waals surface area contributed by atoms with Gasteiger partial charge in [0.15, 0.2) is 0 Å². The minimum atomic E-state index is -1.07. The quantitative estimate of drug-likeness (QED) is 0.866. The SMILES string of the molecule is CSc1ccccc1Oc1ccc(C(=O)O)cc1C#N. The fourth-order valence-electron chi connectivity index (χ4n) is 1.66. The molecule has 2 rings (SSSR count). The highest BCUT2D eigenvalue weighted by atomic mass is 32.2. The first kappa shape index (κ1) is 14.0. The van der Waals surface area contributed by atoms with Crippen LogP contribution in [-0.4, -0.2) is 17.3 Å². The van der Waals surface area contributed by atoms with Crippen LogP contribution in [0.2, 0.25) is 0 Å². The van der Waals surface area contributed by atoms with Crippen molar-refractivity contribution in [2.45, 2.75) is 4.90 Å². The summed E-state index contributed by atoms with van der Waals surface area (Å²) >= 11 is 1.53. The van der Waals surface area contributed by atoms with Crippen LogP contribution >= 0.6 is 11.8 Å².